The third-order valence-corrected chi connectivity index (χ3v) is 3.04. The van der Waals surface area contributed by atoms with Gasteiger partial charge in [0.25, 0.3) is 0 Å². The van der Waals surface area contributed by atoms with Crippen LogP contribution >= 0.6 is 11.8 Å². The molecule has 0 bridgehead atoms. The molecule has 0 spiro atoms. The largest absolute Gasteiger partial charge is 0.447 e. The van der Waals surface area contributed by atoms with Gasteiger partial charge in [-0.15, -0.1) is 0 Å². The summed E-state index contributed by atoms with van der Waals surface area (Å²) in [7, 11) is 0. The van der Waals surface area contributed by atoms with Gasteiger partial charge in [0.2, 0.25) is 5.12 Å². The summed E-state index contributed by atoms with van der Waals surface area (Å²) >= 11 is 1.25. The van der Waals surface area contributed by atoms with Crippen LogP contribution < -0.4 is 5.32 Å². The van der Waals surface area contributed by atoms with Crippen LogP contribution in [0, 0.1) is 0 Å². The van der Waals surface area contributed by atoms with Crippen LogP contribution in [0.15, 0.2) is 0 Å². The van der Waals surface area contributed by atoms with E-state index in [-0.39, 0.29) is 23.9 Å². The van der Waals surface area contributed by atoms with Gasteiger partial charge in [-0.05, 0) is 6.42 Å². The van der Waals surface area contributed by atoms with Crippen molar-refractivity contribution in [3.63, 3.8) is 0 Å². The second kappa shape index (κ2) is 4.18. The molecule has 2 rings (SSSR count). The molecule has 6 heteroatoms. The SMILES string of the molecule is O=C(NC1CCSC1=O)OCC1CO1. The monoisotopic (exact) mass is 217 g/mol. The van der Waals surface area contributed by atoms with Gasteiger partial charge in [0.1, 0.15) is 18.8 Å². The molecular formula is C8H11NO4S. The highest BCUT2D eigenvalue weighted by molar-refractivity contribution is 8.14. The van der Waals surface area contributed by atoms with E-state index in [9.17, 15) is 9.59 Å². The number of amides is 1. The zero-order valence-corrected chi connectivity index (χ0v) is 8.34. The molecule has 2 saturated heterocycles. The minimum absolute atomic E-state index is 0.0182. The topological polar surface area (TPSA) is 67.9 Å². The van der Waals surface area contributed by atoms with Crippen molar-refractivity contribution in [1.29, 1.82) is 0 Å². The molecule has 2 heterocycles. The minimum atomic E-state index is -0.527. The second-order valence-electron chi connectivity index (χ2n) is 3.21. The Hall–Kier alpha value is -0.750. The van der Waals surface area contributed by atoms with Gasteiger partial charge in [-0.3, -0.25) is 4.79 Å². The molecule has 5 nitrogen and oxygen atoms in total. The van der Waals surface area contributed by atoms with Crippen LogP contribution in [0.5, 0.6) is 0 Å². The van der Waals surface area contributed by atoms with E-state index in [2.05, 4.69) is 5.32 Å². The van der Waals surface area contributed by atoms with Gasteiger partial charge >= 0.3 is 6.09 Å². The first-order chi connectivity index (χ1) is 6.75. The highest BCUT2D eigenvalue weighted by atomic mass is 32.2. The molecule has 1 amide bonds. The Kier molecular flexibility index (Phi) is 2.93. The summed E-state index contributed by atoms with van der Waals surface area (Å²) in [6.07, 6.45) is 0.231. The zero-order valence-electron chi connectivity index (χ0n) is 7.52. The van der Waals surface area contributed by atoms with Crippen molar-refractivity contribution in [2.24, 2.45) is 0 Å². The Bertz CT molecular complexity index is 254. The first-order valence-electron chi connectivity index (χ1n) is 4.47. The normalized spacial score (nSPS) is 30.1. The molecule has 0 radical (unpaired) electrons. The highest BCUT2D eigenvalue weighted by Gasteiger charge is 2.29. The second-order valence-corrected chi connectivity index (χ2v) is 4.31. The lowest BCUT2D eigenvalue weighted by molar-refractivity contribution is -0.112. The smallest absolute Gasteiger partial charge is 0.407 e. The maximum atomic E-state index is 11.1. The van der Waals surface area contributed by atoms with Crippen LogP contribution in [-0.4, -0.2) is 42.3 Å². The lowest BCUT2D eigenvalue weighted by Gasteiger charge is -2.09. The van der Waals surface area contributed by atoms with E-state index < -0.39 is 6.09 Å². The number of ether oxygens (including phenoxy) is 2. The number of thioether (sulfide) groups is 1. The Labute approximate surface area is 85.5 Å². The van der Waals surface area contributed by atoms with E-state index in [0.29, 0.717) is 13.0 Å². The van der Waals surface area contributed by atoms with Crippen molar-refractivity contribution in [2.75, 3.05) is 19.0 Å². The average molecular weight is 217 g/mol. The number of rotatable bonds is 3. The van der Waals surface area contributed by atoms with Crippen molar-refractivity contribution in [1.82, 2.24) is 5.32 Å². The lowest BCUT2D eigenvalue weighted by atomic mass is 10.3. The number of carbonyl (C=O) groups excluding carboxylic acids is 2. The summed E-state index contributed by atoms with van der Waals surface area (Å²) in [6, 6.07) is -0.368. The van der Waals surface area contributed by atoms with Crippen LogP contribution in [0.25, 0.3) is 0 Å². The first-order valence-corrected chi connectivity index (χ1v) is 5.46. The third-order valence-electron chi connectivity index (χ3n) is 2.03. The van der Waals surface area contributed by atoms with Gasteiger partial charge in [0.05, 0.1) is 6.61 Å². The molecular weight excluding hydrogens is 206 g/mol. The van der Waals surface area contributed by atoms with Crippen molar-refractivity contribution in [3.05, 3.63) is 0 Å². The van der Waals surface area contributed by atoms with E-state index in [0.717, 1.165) is 5.75 Å². The summed E-state index contributed by atoms with van der Waals surface area (Å²) in [5.41, 5.74) is 0. The lowest BCUT2D eigenvalue weighted by Crippen LogP contribution is -2.37. The third kappa shape index (κ3) is 2.62. The summed E-state index contributed by atoms with van der Waals surface area (Å²) in [6.45, 7) is 0.936. The molecule has 0 aliphatic carbocycles. The minimum Gasteiger partial charge on any atom is -0.447 e. The van der Waals surface area contributed by atoms with Gasteiger partial charge in [-0.25, -0.2) is 4.79 Å². The summed E-state index contributed by atoms with van der Waals surface area (Å²) in [5, 5.41) is 2.54. The molecule has 2 aliphatic heterocycles. The highest BCUT2D eigenvalue weighted by Crippen LogP contribution is 2.19. The Morgan fingerprint density at radius 3 is 3.07 bits per heavy atom. The van der Waals surface area contributed by atoms with Crippen LogP contribution in [0.3, 0.4) is 0 Å². The number of alkyl carbamates (subject to hydrolysis) is 1. The maximum absolute atomic E-state index is 11.1. The molecule has 0 saturated carbocycles. The van der Waals surface area contributed by atoms with Gasteiger partial charge in [-0.2, -0.15) is 0 Å². The number of nitrogens with one attached hydrogen (secondary N) is 1. The average Bonchev–Trinajstić information content (AvgIpc) is 2.90. The molecule has 0 aromatic heterocycles. The molecule has 0 aromatic rings. The predicted octanol–water partition coefficient (Wildman–Crippen LogP) is 0.143. The van der Waals surface area contributed by atoms with E-state index in [1.807, 2.05) is 0 Å². The summed E-state index contributed by atoms with van der Waals surface area (Å²) < 4.78 is 9.71. The van der Waals surface area contributed by atoms with Crippen LogP contribution in [0.1, 0.15) is 6.42 Å². The summed E-state index contributed by atoms with van der Waals surface area (Å²) in [5.74, 6) is 0.773. The van der Waals surface area contributed by atoms with Gasteiger partial charge < -0.3 is 14.8 Å². The molecule has 2 fully saturated rings. The Morgan fingerprint density at radius 1 is 1.71 bits per heavy atom. The molecule has 2 atom stereocenters. The predicted molar refractivity (Wildman–Crippen MR) is 50.1 cm³/mol. The van der Waals surface area contributed by atoms with Crippen LogP contribution in [0.4, 0.5) is 4.79 Å². The molecule has 0 aromatic carbocycles. The molecule has 78 valence electrons. The van der Waals surface area contributed by atoms with Gasteiger partial charge in [0.15, 0.2) is 0 Å². The van der Waals surface area contributed by atoms with E-state index in [1.165, 1.54) is 11.8 Å². The molecule has 1 N–H and O–H groups in total. The van der Waals surface area contributed by atoms with Gasteiger partial charge in [0, 0.05) is 5.75 Å². The number of hydrogen-bond acceptors (Lipinski definition) is 5. The number of hydrogen-bond donors (Lipinski definition) is 1. The molecule has 2 unspecified atom stereocenters. The standard InChI is InChI=1S/C8H11NO4S/c10-7-6(1-2-14-7)9-8(11)13-4-5-3-12-5/h5-6H,1-4H2,(H,9,11). The van der Waals surface area contributed by atoms with Crippen molar-refractivity contribution >= 4 is 23.0 Å². The number of epoxide rings is 1. The van der Waals surface area contributed by atoms with Crippen LogP contribution in [-0.2, 0) is 14.3 Å². The quantitative estimate of drug-likeness (QED) is 0.681. The van der Waals surface area contributed by atoms with Crippen molar-refractivity contribution in [2.45, 2.75) is 18.6 Å². The van der Waals surface area contributed by atoms with Crippen LogP contribution in [0.2, 0.25) is 0 Å². The molecule has 2 aliphatic rings. The maximum Gasteiger partial charge on any atom is 0.407 e. The fourth-order valence-corrected chi connectivity index (χ4v) is 2.08. The zero-order chi connectivity index (χ0) is 9.97. The first kappa shape index (κ1) is 9.79. The Balaban J connectivity index is 1.67. The van der Waals surface area contributed by atoms with E-state index >= 15 is 0 Å². The molecule has 14 heavy (non-hydrogen) atoms. The van der Waals surface area contributed by atoms with Gasteiger partial charge in [-0.1, -0.05) is 11.8 Å². The van der Waals surface area contributed by atoms with E-state index in [4.69, 9.17) is 9.47 Å². The Morgan fingerprint density at radius 2 is 2.50 bits per heavy atom. The fourth-order valence-electron chi connectivity index (χ4n) is 1.14. The summed E-state index contributed by atoms with van der Waals surface area (Å²) in [4.78, 5) is 22.3. The van der Waals surface area contributed by atoms with E-state index in [1.54, 1.807) is 0 Å². The fraction of sp³-hybridized carbons (Fsp3) is 0.750. The van der Waals surface area contributed by atoms with Crippen molar-refractivity contribution in [3.8, 4) is 0 Å². The van der Waals surface area contributed by atoms with Crippen molar-refractivity contribution < 1.29 is 19.1 Å². The number of carbonyl (C=O) groups is 2.